The number of rotatable bonds is 5. The van der Waals surface area contributed by atoms with Gasteiger partial charge in [0.1, 0.15) is 18.2 Å². The van der Waals surface area contributed by atoms with Crippen LogP contribution in [0.2, 0.25) is 0 Å². The van der Waals surface area contributed by atoms with E-state index in [0.29, 0.717) is 12.0 Å². The number of hydrogen-bond acceptors (Lipinski definition) is 5. The largest absolute Gasteiger partial charge is 0.341 e. The summed E-state index contributed by atoms with van der Waals surface area (Å²) in [6.45, 7) is 7.35. The Morgan fingerprint density at radius 1 is 0.712 bits per heavy atom. The highest BCUT2D eigenvalue weighted by atomic mass is 15.5. The molecule has 5 aromatic rings. The Morgan fingerprint density at radius 2 is 1.38 bits per heavy atom. The molecule has 6 atom stereocenters. The highest BCUT2D eigenvalue weighted by molar-refractivity contribution is 5.89. The number of fused-ring (bicyclic) bond motifs is 14. The number of aromatic nitrogens is 2. The number of anilines is 4. The molecule has 4 aliphatic heterocycles. The Kier molecular flexibility index (Phi) is 7.06. The summed E-state index contributed by atoms with van der Waals surface area (Å²) in [4.78, 5) is 17.5. The topological polar surface area (TPSA) is 35.5 Å². The Balaban J connectivity index is 1.27. The Morgan fingerprint density at radius 3 is 2.10 bits per heavy atom. The summed E-state index contributed by atoms with van der Waals surface area (Å²) in [6.07, 6.45) is 11.6. The molecule has 5 heteroatoms. The summed E-state index contributed by atoms with van der Waals surface area (Å²) >= 11 is 0. The van der Waals surface area contributed by atoms with Crippen molar-refractivity contribution < 1.29 is 0 Å². The molecule has 0 radical (unpaired) electrons. The molecule has 1 aliphatic carbocycles. The Bertz CT molecular complexity index is 2200. The molecule has 6 unspecified atom stereocenters. The van der Waals surface area contributed by atoms with Crippen LogP contribution in [0.4, 0.5) is 22.9 Å². The molecule has 1 fully saturated rings. The standard InChI is InChI=1S/C47H49N5/c1-5-38-34(32-18-10-8-11-19-32)26-27-35(33-20-12-9-13-21-33)39-28-29-47(37-23-15-16-24-40(37)51(38)39)45(6-2)36-22-14-17-25-41(36)52-42-30-48-31-49-43(42)50(4)44(52)46(45,47)7-3/h8-25,30-31,35,39,44H,5-7,26-29H2,1-4H3. The zero-order valence-electron chi connectivity index (χ0n) is 31.0. The fourth-order valence-electron chi connectivity index (χ4n) is 13.0. The van der Waals surface area contributed by atoms with E-state index in [9.17, 15) is 0 Å². The van der Waals surface area contributed by atoms with E-state index in [2.05, 4.69) is 157 Å². The van der Waals surface area contributed by atoms with Crippen LogP contribution in [0.3, 0.4) is 0 Å². The molecule has 1 spiro atoms. The lowest BCUT2D eigenvalue weighted by Gasteiger charge is -2.45. The van der Waals surface area contributed by atoms with Gasteiger partial charge in [-0.3, -0.25) is 0 Å². The van der Waals surface area contributed by atoms with Crippen LogP contribution in [0.5, 0.6) is 0 Å². The number of allylic oxidation sites excluding steroid dienone is 2. The molecular formula is C47H49N5. The molecule has 5 aliphatic rings. The maximum Gasteiger partial charge on any atom is 0.157 e. The molecule has 4 aromatic carbocycles. The van der Waals surface area contributed by atoms with Crippen LogP contribution in [0, 0.1) is 5.41 Å². The first-order valence-corrected chi connectivity index (χ1v) is 19.7. The van der Waals surface area contributed by atoms with Crippen LogP contribution in [0.25, 0.3) is 5.57 Å². The van der Waals surface area contributed by atoms with Gasteiger partial charge in [0, 0.05) is 52.3 Å². The molecule has 52 heavy (non-hydrogen) atoms. The van der Waals surface area contributed by atoms with Gasteiger partial charge in [0.2, 0.25) is 0 Å². The summed E-state index contributed by atoms with van der Waals surface area (Å²) in [6, 6.07) is 42.1. The molecule has 0 amide bonds. The van der Waals surface area contributed by atoms with E-state index in [1.807, 2.05) is 6.20 Å². The molecule has 0 saturated heterocycles. The lowest BCUT2D eigenvalue weighted by Crippen LogP contribution is -2.52. The molecule has 1 aromatic heterocycles. The molecule has 5 nitrogen and oxygen atoms in total. The number of nitrogens with zero attached hydrogens (tertiary/aromatic N) is 5. The average molecular weight is 684 g/mol. The van der Waals surface area contributed by atoms with Crippen molar-refractivity contribution in [3.05, 3.63) is 150 Å². The summed E-state index contributed by atoms with van der Waals surface area (Å²) in [5, 5.41) is 0. The van der Waals surface area contributed by atoms with Gasteiger partial charge in [-0.05, 0) is 84.9 Å². The van der Waals surface area contributed by atoms with Gasteiger partial charge in [0.05, 0.1) is 6.20 Å². The first kappa shape index (κ1) is 31.8. The molecule has 5 heterocycles. The molecular weight excluding hydrogens is 635 g/mol. The van der Waals surface area contributed by atoms with Crippen molar-refractivity contribution in [1.29, 1.82) is 0 Å². The summed E-state index contributed by atoms with van der Waals surface area (Å²) < 4.78 is 0. The van der Waals surface area contributed by atoms with E-state index in [0.717, 1.165) is 56.5 Å². The zero-order chi connectivity index (χ0) is 35.2. The van der Waals surface area contributed by atoms with Gasteiger partial charge in [0.15, 0.2) is 5.82 Å². The summed E-state index contributed by atoms with van der Waals surface area (Å²) in [7, 11) is 2.29. The van der Waals surface area contributed by atoms with E-state index in [1.54, 1.807) is 11.9 Å². The van der Waals surface area contributed by atoms with Gasteiger partial charge in [-0.1, -0.05) is 118 Å². The molecule has 262 valence electrons. The maximum absolute atomic E-state index is 4.93. The first-order chi connectivity index (χ1) is 25.6. The minimum atomic E-state index is -0.0848. The van der Waals surface area contributed by atoms with Crippen LogP contribution in [-0.4, -0.2) is 29.2 Å². The first-order valence-electron chi connectivity index (χ1n) is 19.7. The van der Waals surface area contributed by atoms with Crippen LogP contribution in [-0.2, 0) is 10.8 Å². The van der Waals surface area contributed by atoms with Crippen LogP contribution in [0.15, 0.2) is 127 Å². The smallest absolute Gasteiger partial charge is 0.157 e. The van der Waals surface area contributed by atoms with Gasteiger partial charge in [-0.2, -0.15) is 0 Å². The predicted molar refractivity (Wildman–Crippen MR) is 213 cm³/mol. The highest BCUT2D eigenvalue weighted by Gasteiger charge is 2.91. The molecule has 0 N–H and O–H groups in total. The lowest BCUT2D eigenvalue weighted by molar-refractivity contribution is 0.284. The van der Waals surface area contributed by atoms with Crippen molar-refractivity contribution in [2.24, 2.45) is 5.41 Å². The average Bonchev–Trinajstić information content (AvgIpc) is 3.74. The minimum Gasteiger partial charge on any atom is -0.341 e. The van der Waals surface area contributed by atoms with Crippen molar-refractivity contribution >= 4 is 28.5 Å². The third-order valence-electron chi connectivity index (χ3n) is 14.5. The summed E-state index contributed by atoms with van der Waals surface area (Å²) in [5.74, 6) is 1.46. The van der Waals surface area contributed by atoms with Gasteiger partial charge >= 0.3 is 0 Å². The second-order valence-electron chi connectivity index (χ2n) is 15.8. The third-order valence-corrected chi connectivity index (χ3v) is 14.5. The summed E-state index contributed by atoms with van der Waals surface area (Å²) in [5.41, 5.74) is 12.6. The number of benzene rings is 4. The van der Waals surface area contributed by atoms with Crippen molar-refractivity contribution in [2.75, 3.05) is 21.7 Å². The fraction of sp³-hybridized carbons (Fsp3) is 0.362. The second-order valence-corrected chi connectivity index (χ2v) is 15.8. The van der Waals surface area contributed by atoms with Crippen LogP contribution < -0.4 is 14.7 Å². The van der Waals surface area contributed by atoms with Crippen molar-refractivity contribution in [2.45, 2.75) is 94.7 Å². The van der Waals surface area contributed by atoms with Gasteiger partial charge in [0.25, 0.3) is 0 Å². The van der Waals surface area contributed by atoms with E-state index in [4.69, 9.17) is 4.98 Å². The predicted octanol–water partition coefficient (Wildman–Crippen LogP) is 10.8. The van der Waals surface area contributed by atoms with Crippen LogP contribution in [0.1, 0.15) is 93.9 Å². The molecule has 0 bridgehead atoms. The van der Waals surface area contributed by atoms with Crippen molar-refractivity contribution in [3.63, 3.8) is 0 Å². The van der Waals surface area contributed by atoms with E-state index in [-0.39, 0.29) is 22.4 Å². The third kappa shape index (κ3) is 3.69. The number of hydrogen-bond donors (Lipinski definition) is 0. The maximum atomic E-state index is 4.93. The van der Waals surface area contributed by atoms with E-state index in [1.165, 1.54) is 39.3 Å². The zero-order valence-corrected chi connectivity index (χ0v) is 31.0. The molecule has 10 rings (SSSR count). The van der Waals surface area contributed by atoms with Gasteiger partial charge < -0.3 is 14.7 Å². The second kappa shape index (κ2) is 11.6. The van der Waals surface area contributed by atoms with E-state index >= 15 is 0 Å². The minimum absolute atomic E-state index is 0.0440. The van der Waals surface area contributed by atoms with Crippen LogP contribution >= 0.6 is 0 Å². The normalized spacial score (nSPS) is 29.7. The van der Waals surface area contributed by atoms with Gasteiger partial charge in [-0.15, -0.1) is 0 Å². The van der Waals surface area contributed by atoms with Gasteiger partial charge in [-0.25, -0.2) is 9.97 Å². The SMILES string of the molecule is CCC1=C(c2ccccc2)CCC(c2ccccc2)C2CCC3(c4ccccc4N12)C1(CC)c2ccccc2N2c4cncnc4N(C)C2C31CC. The van der Waals surface area contributed by atoms with E-state index < -0.39 is 0 Å². The monoisotopic (exact) mass is 683 g/mol. The lowest BCUT2D eigenvalue weighted by atomic mass is 9.75. The van der Waals surface area contributed by atoms with Crippen molar-refractivity contribution in [3.8, 4) is 0 Å². The highest BCUT2D eigenvalue weighted by Crippen LogP contribution is 2.89. The quantitative estimate of drug-likeness (QED) is 0.184. The fourth-order valence-corrected chi connectivity index (χ4v) is 13.0. The Hall–Kier alpha value is -4.90. The van der Waals surface area contributed by atoms with Crippen molar-refractivity contribution in [1.82, 2.24) is 9.97 Å². The Labute approximate surface area is 309 Å². The molecule has 1 saturated carbocycles. The number of para-hydroxylation sites is 2.